The Hall–Kier alpha value is -0.220. The molecule has 100 valence electrons. The Bertz CT molecular complexity index is 217. The molecule has 17 heavy (non-hydrogen) atoms. The van der Waals surface area contributed by atoms with Crippen molar-refractivity contribution in [2.45, 2.75) is 45.1 Å². The van der Waals surface area contributed by atoms with E-state index in [0.29, 0.717) is 0 Å². The van der Waals surface area contributed by atoms with E-state index in [1.165, 1.54) is 37.9 Å². The van der Waals surface area contributed by atoms with Crippen molar-refractivity contribution in [3.63, 3.8) is 0 Å². The molecule has 0 spiro atoms. The number of hydrogen-bond donors (Lipinski definition) is 1. The van der Waals surface area contributed by atoms with Crippen LogP contribution in [0.4, 0.5) is 0 Å². The summed E-state index contributed by atoms with van der Waals surface area (Å²) in [4.78, 5) is 14.1. The molecule has 1 saturated heterocycles. The SMILES string of the molecule is CSCCCCNC(C)C(=O)N1CCCCC1. The molecule has 1 amide bonds. The van der Waals surface area contributed by atoms with Crippen molar-refractivity contribution in [1.82, 2.24) is 10.2 Å². The van der Waals surface area contributed by atoms with Crippen molar-refractivity contribution in [2.24, 2.45) is 0 Å². The third kappa shape index (κ3) is 5.77. The first-order valence-corrected chi connectivity index (χ1v) is 8.16. The molecule has 3 nitrogen and oxygen atoms in total. The first-order chi connectivity index (χ1) is 8.25. The fourth-order valence-corrected chi connectivity index (χ4v) is 2.66. The maximum Gasteiger partial charge on any atom is 0.239 e. The van der Waals surface area contributed by atoms with Crippen LogP contribution in [-0.4, -0.2) is 48.5 Å². The van der Waals surface area contributed by atoms with Gasteiger partial charge in [-0.1, -0.05) is 0 Å². The third-order valence-electron chi connectivity index (χ3n) is 3.26. The second-order valence-corrected chi connectivity index (χ2v) is 5.75. The maximum absolute atomic E-state index is 12.1. The van der Waals surface area contributed by atoms with Gasteiger partial charge in [-0.25, -0.2) is 0 Å². The minimum Gasteiger partial charge on any atom is -0.341 e. The molecule has 0 aliphatic carbocycles. The number of amides is 1. The molecular formula is C13H26N2OS. The fraction of sp³-hybridized carbons (Fsp3) is 0.923. The van der Waals surface area contributed by atoms with Crippen molar-refractivity contribution >= 4 is 17.7 Å². The van der Waals surface area contributed by atoms with E-state index in [1.54, 1.807) is 0 Å². The number of unbranched alkanes of at least 4 members (excludes halogenated alkanes) is 1. The first kappa shape index (κ1) is 14.8. The van der Waals surface area contributed by atoms with Gasteiger partial charge >= 0.3 is 0 Å². The fourth-order valence-electron chi connectivity index (χ4n) is 2.17. The Balaban J connectivity index is 2.12. The molecule has 1 fully saturated rings. The lowest BCUT2D eigenvalue weighted by Crippen LogP contribution is -2.47. The number of carbonyl (C=O) groups excluding carboxylic acids is 1. The molecule has 1 rings (SSSR count). The number of hydrogen-bond acceptors (Lipinski definition) is 3. The second kappa shape index (κ2) is 8.81. The van der Waals surface area contributed by atoms with Gasteiger partial charge in [0, 0.05) is 13.1 Å². The Morgan fingerprint density at radius 1 is 1.29 bits per heavy atom. The lowest BCUT2D eigenvalue weighted by Gasteiger charge is -2.29. The largest absolute Gasteiger partial charge is 0.341 e. The van der Waals surface area contributed by atoms with E-state index in [-0.39, 0.29) is 11.9 Å². The lowest BCUT2D eigenvalue weighted by atomic mass is 10.1. The second-order valence-electron chi connectivity index (χ2n) is 4.76. The van der Waals surface area contributed by atoms with Crippen molar-refractivity contribution in [3.8, 4) is 0 Å². The van der Waals surface area contributed by atoms with E-state index < -0.39 is 0 Å². The van der Waals surface area contributed by atoms with E-state index in [4.69, 9.17) is 0 Å². The van der Waals surface area contributed by atoms with Crippen LogP contribution in [0.2, 0.25) is 0 Å². The van der Waals surface area contributed by atoms with Gasteiger partial charge in [0.15, 0.2) is 0 Å². The van der Waals surface area contributed by atoms with Crippen LogP contribution in [0.3, 0.4) is 0 Å². The van der Waals surface area contributed by atoms with Gasteiger partial charge in [0.1, 0.15) is 0 Å². The molecule has 0 aromatic rings. The van der Waals surface area contributed by atoms with Crippen LogP contribution in [0.15, 0.2) is 0 Å². The van der Waals surface area contributed by atoms with Gasteiger partial charge in [0.05, 0.1) is 6.04 Å². The van der Waals surface area contributed by atoms with Gasteiger partial charge < -0.3 is 10.2 Å². The van der Waals surface area contributed by atoms with Crippen LogP contribution in [0.5, 0.6) is 0 Å². The number of nitrogens with zero attached hydrogens (tertiary/aromatic N) is 1. The molecule has 0 aromatic carbocycles. The minimum absolute atomic E-state index is 0.0117. The van der Waals surface area contributed by atoms with Crippen LogP contribution < -0.4 is 5.32 Å². The summed E-state index contributed by atoms with van der Waals surface area (Å²) < 4.78 is 0. The van der Waals surface area contributed by atoms with Crippen LogP contribution in [-0.2, 0) is 4.79 Å². The van der Waals surface area contributed by atoms with Crippen LogP contribution in [0, 0.1) is 0 Å². The summed E-state index contributed by atoms with van der Waals surface area (Å²) in [5, 5.41) is 3.34. The maximum atomic E-state index is 12.1. The third-order valence-corrected chi connectivity index (χ3v) is 3.96. The van der Waals surface area contributed by atoms with Crippen molar-refractivity contribution < 1.29 is 4.79 Å². The summed E-state index contributed by atoms with van der Waals surface area (Å²) in [5.41, 5.74) is 0. The quantitative estimate of drug-likeness (QED) is 0.710. The van der Waals surface area contributed by atoms with E-state index in [1.807, 2.05) is 23.6 Å². The standard InChI is InChI=1S/C13H26N2OS/c1-12(14-8-4-7-11-17-2)13(16)15-9-5-3-6-10-15/h12,14H,3-11H2,1-2H3. The zero-order valence-corrected chi connectivity index (χ0v) is 12.0. The smallest absolute Gasteiger partial charge is 0.239 e. The molecule has 0 saturated carbocycles. The summed E-state index contributed by atoms with van der Waals surface area (Å²) >= 11 is 1.89. The Morgan fingerprint density at radius 3 is 2.65 bits per heavy atom. The number of likely N-dealkylation sites (tertiary alicyclic amines) is 1. The monoisotopic (exact) mass is 258 g/mol. The molecule has 1 aliphatic heterocycles. The van der Waals surface area contributed by atoms with E-state index in [0.717, 1.165) is 19.6 Å². The Kier molecular flexibility index (Phi) is 7.69. The molecule has 1 heterocycles. The highest BCUT2D eigenvalue weighted by molar-refractivity contribution is 7.98. The van der Waals surface area contributed by atoms with Gasteiger partial charge in [0.2, 0.25) is 5.91 Å². The zero-order valence-electron chi connectivity index (χ0n) is 11.2. The van der Waals surface area contributed by atoms with Crippen molar-refractivity contribution in [3.05, 3.63) is 0 Å². The molecule has 1 atom stereocenters. The number of piperidine rings is 1. The molecular weight excluding hydrogens is 232 g/mol. The van der Waals surface area contributed by atoms with E-state index >= 15 is 0 Å². The average molecular weight is 258 g/mol. The lowest BCUT2D eigenvalue weighted by molar-refractivity contribution is -0.133. The topological polar surface area (TPSA) is 32.3 Å². The molecule has 4 heteroatoms. The minimum atomic E-state index is -0.0117. The van der Waals surface area contributed by atoms with Crippen molar-refractivity contribution in [2.75, 3.05) is 31.6 Å². The summed E-state index contributed by atoms with van der Waals surface area (Å²) in [6, 6.07) is -0.0117. The van der Waals surface area contributed by atoms with E-state index in [9.17, 15) is 4.79 Å². The average Bonchev–Trinajstić information content (AvgIpc) is 2.38. The molecule has 1 aliphatic rings. The van der Waals surface area contributed by atoms with Gasteiger partial charge in [-0.3, -0.25) is 4.79 Å². The van der Waals surface area contributed by atoms with Crippen LogP contribution >= 0.6 is 11.8 Å². The number of carbonyl (C=O) groups is 1. The highest BCUT2D eigenvalue weighted by Crippen LogP contribution is 2.10. The van der Waals surface area contributed by atoms with Gasteiger partial charge in [-0.2, -0.15) is 11.8 Å². The molecule has 1 N–H and O–H groups in total. The summed E-state index contributed by atoms with van der Waals surface area (Å²) in [5.74, 6) is 1.51. The highest BCUT2D eigenvalue weighted by Gasteiger charge is 2.21. The molecule has 0 bridgehead atoms. The Morgan fingerprint density at radius 2 is 2.00 bits per heavy atom. The predicted octanol–water partition coefficient (Wildman–Crippen LogP) is 2.12. The number of thioether (sulfide) groups is 1. The molecule has 0 radical (unpaired) electrons. The summed E-state index contributed by atoms with van der Waals surface area (Å²) in [6.07, 6.45) is 8.16. The number of nitrogens with one attached hydrogen (secondary N) is 1. The van der Waals surface area contributed by atoms with Gasteiger partial charge in [-0.05, 0) is 57.6 Å². The predicted molar refractivity (Wildman–Crippen MR) is 75.5 cm³/mol. The van der Waals surface area contributed by atoms with Gasteiger partial charge in [0.25, 0.3) is 0 Å². The van der Waals surface area contributed by atoms with Crippen LogP contribution in [0.25, 0.3) is 0 Å². The highest BCUT2D eigenvalue weighted by atomic mass is 32.2. The molecule has 0 aromatic heterocycles. The van der Waals surface area contributed by atoms with E-state index in [2.05, 4.69) is 11.6 Å². The van der Waals surface area contributed by atoms with Crippen molar-refractivity contribution in [1.29, 1.82) is 0 Å². The summed E-state index contributed by atoms with van der Waals surface area (Å²) in [6.45, 7) is 4.86. The first-order valence-electron chi connectivity index (χ1n) is 6.77. The van der Waals surface area contributed by atoms with Crippen LogP contribution in [0.1, 0.15) is 39.0 Å². The molecule has 1 unspecified atom stereocenters. The normalized spacial score (nSPS) is 18.1. The zero-order chi connectivity index (χ0) is 12.5. The number of rotatable bonds is 7. The Labute approximate surface area is 110 Å². The van der Waals surface area contributed by atoms with Gasteiger partial charge in [-0.15, -0.1) is 0 Å². The summed E-state index contributed by atoms with van der Waals surface area (Å²) in [7, 11) is 0.